The van der Waals surface area contributed by atoms with E-state index in [1.807, 2.05) is 51.1 Å². The number of para-hydroxylation sites is 1. The predicted molar refractivity (Wildman–Crippen MR) is 122 cm³/mol. The molecule has 150 valence electrons. The molecular formula is C22H20N6OS. The Kier molecular flexibility index (Phi) is 4.76. The van der Waals surface area contributed by atoms with E-state index in [-0.39, 0.29) is 17.6 Å². The maximum absolute atomic E-state index is 13.2. The third-order valence-corrected chi connectivity index (χ3v) is 6.03. The van der Waals surface area contributed by atoms with Crippen molar-refractivity contribution >= 4 is 55.6 Å². The highest BCUT2D eigenvalue weighted by Gasteiger charge is 2.25. The number of hydrogen-bond acceptors (Lipinski definition) is 7. The van der Waals surface area contributed by atoms with Crippen LogP contribution in [0.5, 0.6) is 0 Å². The van der Waals surface area contributed by atoms with Crippen LogP contribution in [-0.2, 0) is 0 Å². The Morgan fingerprint density at radius 3 is 2.67 bits per heavy atom. The summed E-state index contributed by atoms with van der Waals surface area (Å²) in [7, 11) is 0. The molecule has 0 spiro atoms. The van der Waals surface area contributed by atoms with Gasteiger partial charge in [-0.2, -0.15) is 5.26 Å². The summed E-state index contributed by atoms with van der Waals surface area (Å²) >= 11 is 1.17. The number of hydrogen-bond donors (Lipinski definition) is 3. The van der Waals surface area contributed by atoms with Crippen LogP contribution in [0.1, 0.15) is 46.3 Å². The molecule has 30 heavy (non-hydrogen) atoms. The highest BCUT2D eigenvalue weighted by Crippen LogP contribution is 2.41. The number of nitrogens with two attached hydrogens (primary N) is 2. The molecule has 0 fully saturated rings. The van der Waals surface area contributed by atoms with Gasteiger partial charge in [0.2, 0.25) is 0 Å². The molecule has 0 bridgehead atoms. The monoisotopic (exact) mass is 416 g/mol. The molecule has 0 atom stereocenters. The van der Waals surface area contributed by atoms with Crippen molar-refractivity contribution in [2.75, 3.05) is 16.8 Å². The second kappa shape index (κ2) is 7.28. The Hall–Kier alpha value is -3.70. The van der Waals surface area contributed by atoms with Gasteiger partial charge in [0, 0.05) is 16.5 Å². The second-order valence-electron chi connectivity index (χ2n) is 7.36. The van der Waals surface area contributed by atoms with Crippen molar-refractivity contribution in [1.29, 1.82) is 5.26 Å². The number of amides is 1. The maximum Gasteiger partial charge on any atom is 0.267 e. The fraction of sp³-hybridized carbons (Fsp3) is 0.182. The van der Waals surface area contributed by atoms with Crippen molar-refractivity contribution in [3.05, 3.63) is 52.0 Å². The topological polar surface area (TPSA) is 131 Å². The number of nitrogens with zero attached hydrogens (tertiary/aromatic N) is 3. The summed E-state index contributed by atoms with van der Waals surface area (Å²) < 4.78 is 0. The molecule has 0 aliphatic rings. The third kappa shape index (κ3) is 3.09. The zero-order valence-electron chi connectivity index (χ0n) is 16.8. The van der Waals surface area contributed by atoms with Gasteiger partial charge in [-0.3, -0.25) is 9.78 Å². The number of nitrogens with one attached hydrogen (secondary N) is 1. The van der Waals surface area contributed by atoms with E-state index < -0.39 is 0 Å². The molecule has 3 aromatic heterocycles. The Balaban J connectivity index is 1.85. The van der Waals surface area contributed by atoms with Gasteiger partial charge in [0.1, 0.15) is 21.6 Å². The van der Waals surface area contributed by atoms with E-state index >= 15 is 0 Å². The van der Waals surface area contributed by atoms with Gasteiger partial charge in [0.25, 0.3) is 5.91 Å². The summed E-state index contributed by atoms with van der Waals surface area (Å²) in [6.45, 7) is 5.79. The Labute approximate surface area is 177 Å². The minimum atomic E-state index is -0.335. The van der Waals surface area contributed by atoms with E-state index in [2.05, 4.69) is 21.4 Å². The predicted octanol–water partition coefficient (Wildman–Crippen LogP) is 4.56. The lowest BCUT2D eigenvalue weighted by molar-refractivity contribution is 0.103. The van der Waals surface area contributed by atoms with Crippen LogP contribution in [0.4, 0.5) is 17.2 Å². The smallest absolute Gasteiger partial charge is 0.267 e. The number of anilines is 3. The molecule has 5 N–H and O–H groups in total. The summed E-state index contributed by atoms with van der Waals surface area (Å²) in [4.78, 5) is 22.9. The van der Waals surface area contributed by atoms with Gasteiger partial charge in [0.15, 0.2) is 0 Å². The van der Waals surface area contributed by atoms with E-state index in [4.69, 9.17) is 11.5 Å². The highest BCUT2D eigenvalue weighted by atomic mass is 32.1. The van der Waals surface area contributed by atoms with Crippen molar-refractivity contribution < 1.29 is 4.79 Å². The van der Waals surface area contributed by atoms with Gasteiger partial charge in [-0.15, -0.1) is 11.3 Å². The van der Waals surface area contributed by atoms with Crippen molar-refractivity contribution in [3.63, 3.8) is 0 Å². The number of fused-ring (bicyclic) bond motifs is 2. The molecule has 0 saturated heterocycles. The Morgan fingerprint density at radius 2 is 1.97 bits per heavy atom. The fourth-order valence-corrected chi connectivity index (χ4v) is 4.67. The van der Waals surface area contributed by atoms with Crippen molar-refractivity contribution in [3.8, 4) is 6.07 Å². The number of aryl methyl sites for hydroxylation is 1. The quantitative estimate of drug-likeness (QED) is 0.448. The van der Waals surface area contributed by atoms with Crippen LogP contribution in [-0.4, -0.2) is 15.9 Å². The standard InChI is InChI=1S/C22H20N6OS/c1-10(2)16-13(9-23)20(25)28-22-17(16)18(24)19(30-22)21(29)27-15-8-11(3)26-14-7-5-4-6-12(14)15/h4-8,10H,24H2,1-3H3,(H2,25,28)(H,26,27,29). The fourth-order valence-electron chi connectivity index (χ4n) is 3.65. The minimum Gasteiger partial charge on any atom is -0.397 e. The first-order chi connectivity index (χ1) is 14.3. The summed E-state index contributed by atoms with van der Waals surface area (Å²) in [6, 6.07) is 11.6. The number of pyridine rings is 2. The highest BCUT2D eigenvalue weighted by molar-refractivity contribution is 7.21. The summed E-state index contributed by atoms with van der Waals surface area (Å²) in [5.41, 5.74) is 16.0. The van der Waals surface area contributed by atoms with E-state index in [0.29, 0.717) is 32.0 Å². The summed E-state index contributed by atoms with van der Waals surface area (Å²) in [6.07, 6.45) is 0. The van der Waals surface area contributed by atoms with E-state index in [1.54, 1.807) is 0 Å². The summed E-state index contributed by atoms with van der Waals surface area (Å²) in [5.74, 6) is -0.192. The first-order valence-corrected chi connectivity index (χ1v) is 10.2. The molecular weight excluding hydrogens is 396 g/mol. The SMILES string of the molecule is Cc1cc(NC(=O)c2sc3nc(N)c(C#N)c(C(C)C)c3c2N)c2ccccc2n1. The third-order valence-electron chi connectivity index (χ3n) is 4.93. The van der Waals surface area contributed by atoms with E-state index in [0.717, 1.165) is 22.2 Å². The number of rotatable bonds is 3. The molecule has 1 aromatic carbocycles. The molecule has 4 aromatic rings. The average molecular weight is 417 g/mol. The van der Waals surface area contributed by atoms with Crippen LogP contribution in [0.2, 0.25) is 0 Å². The van der Waals surface area contributed by atoms with E-state index in [9.17, 15) is 10.1 Å². The number of nitriles is 1. The molecule has 0 radical (unpaired) electrons. The van der Waals surface area contributed by atoms with Gasteiger partial charge in [-0.05, 0) is 30.5 Å². The van der Waals surface area contributed by atoms with Crippen molar-refractivity contribution in [2.24, 2.45) is 0 Å². The van der Waals surface area contributed by atoms with Gasteiger partial charge in [-0.25, -0.2) is 4.98 Å². The molecule has 8 heteroatoms. The maximum atomic E-state index is 13.2. The van der Waals surface area contributed by atoms with Gasteiger partial charge < -0.3 is 16.8 Å². The lowest BCUT2D eigenvalue weighted by Gasteiger charge is -2.12. The number of carbonyl (C=O) groups excluding carboxylic acids is 1. The number of benzene rings is 1. The second-order valence-corrected chi connectivity index (χ2v) is 8.36. The van der Waals surface area contributed by atoms with Crippen LogP contribution in [0, 0.1) is 18.3 Å². The first-order valence-electron chi connectivity index (χ1n) is 9.41. The van der Waals surface area contributed by atoms with Crippen molar-refractivity contribution in [1.82, 2.24) is 9.97 Å². The first kappa shape index (κ1) is 19.6. The molecule has 7 nitrogen and oxygen atoms in total. The molecule has 0 aliphatic carbocycles. The normalized spacial score (nSPS) is 11.2. The van der Waals surface area contributed by atoms with Crippen LogP contribution < -0.4 is 16.8 Å². The molecule has 0 saturated carbocycles. The van der Waals surface area contributed by atoms with Crippen LogP contribution in [0.25, 0.3) is 21.1 Å². The van der Waals surface area contributed by atoms with Gasteiger partial charge in [-0.1, -0.05) is 32.0 Å². The van der Waals surface area contributed by atoms with E-state index in [1.165, 1.54) is 11.3 Å². The largest absolute Gasteiger partial charge is 0.397 e. The molecule has 1 amide bonds. The molecule has 3 heterocycles. The van der Waals surface area contributed by atoms with Crippen LogP contribution in [0.3, 0.4) is 0 Å². The lowest BCUT2D eigenvalue weighted by Crippen LogP contribution is -2.13. The van der Waals surface area contributed by atoms with Crippen LogP contribution >= 0.6 is 11.3 Å². The molecule has 0 unspecified atom stereocenters. The number of nitrogen functional groups attached to an aromatic ring is 2. The average Bonchev–Trinajstić information content (AvgIpc) is 3.02. The van der Waals surface area contributed by atoms with Gasteiger partial charge in [0.05, 0.1) is 22.5 Å². The van der Waals surface area contributed by atoms with Gasteiger partial charge >= 0.3 is 0 Å². The number of thiophene rings is 1. The Morgan fingerprint density at radius 1 is 1.23 bits per heavy atom. The zero-order valence-corrected chi connectivity index (χ0v) is 17.6. The minimum absolute atomic E-state index is 0.00736. The molecule has 4 rings (SSSR count). The summed E-state index contributed by atoms with van der Waals surface area (Å²) in [5, 5.41) is 14.0. The Bertz CT molecular complexity index is 1370. The lowest BCUT2D eigenvalue weighted by atomic mass is 9.95. The van der Waals surface area contributed by atoms with Crippen molar-refractivity contribution in [2.45, 2.75) is 26.7 Å². The number of carbonyl (C=O) groups is 1. The van der Waals surface area contributed by atoms with Crippen LogP contribution in [0.15, 0.2) is 30.3 Å². The molecule has 0 aliphatic heterocycles. The number of aromatic nitrogens is 2. The zero-order chi connectivity index (χ0) is 21.6.